The number of ether oxygens (including phenoxy) is 4. The minimum atomic E-state index is -1.13. The number of piperazine rings is 1. The molecule has 3 aromatic carbocycles. The summed E-state index contributed by atoms with van der Waals surface area (Å²) < 4.78 is 85.0. The number of benzene rings is 3. The number of amides is 2. The molecule has 0 spiro atoms. The molecule has 0 radical (unpaired) electrons. The molecule has 0 saturated carbocycles. The van der Waals surface area contributed by atoms with Gasteiger partial charge in [-0.1, -0.05) is 0 Å². The first kappa shape index (κ1) is 50.7. The van der Waals surface area contributed by atoms with Crippen LogP contribution in [0.3, 0.4) is 0 Å². The third-order valence-corrected chi connectivity index (χ3v) is 17.7. The molecule has 9 aliphatic heterocycles. The lowest BCUT2D eigenvalue weighted by atomic mass is 10.1. The van der Waals surface area contributed by atoms with E-state index in [0.29, 0.717) is 96.1 Å². The molecule has 0 aliphatic carbocycles. The zero-order valence-electron chi connectivity index (χ0n) is 44.1. The Bertz CT molecular complexity index is 2780. The van der Waals surface area contributed by atoms with Gasteiger partial charge in [-0.25, -0.2) is 22.4 Å². The largest absolute Gasteiger partial charge is 0.377 e. The van der Waals surface area contributed by atoms with Crippen LogP contribution in [0.5, 0.6) is 0 Å². The van der Waals surface area contributed by atoms with E-state index in [1.807, 2.05) is 92.4 Å². The Morgan fingerprint density at radius 1 is 0.494 bits per heavy atom. The number of rotatable bonds is 11. The topological polar surface area (TPSA) is 166 Å². The molecule has 8 bridgehead atoms. The van der Waals surface area contributed by atoms with E-state index in [1.54, 1.807) is 4.90 Å². The zero-order valence-corrected chi connectivity index (χ0v) is 44.1. The standard InChI is InChI=1S/C56H64F4N14O5/c1-31(2)68-15-17-69(18-16-68)35-13-7-34(8-14-35)61-56(75)70(36-9-3-32(4-10-36)50-62-52(71-38-19-42(57)46(71)27-76-23-38)66-53(63-50)72-39-20-43(58)47(72)28-77-24-39)37-11-5-33(6-12-37)51-64-54(73-40-21-44(59)48(73)29-78-25-40)67-55(65-51)74-41-22-45(60)49(74)30-79-26-41/h3-14,31,38-49H,15-30H2,1-2H3,(H,61,75). The van der Waals surface area contributed by atoms with Gasteiger partial charge in [-0.15, -0.1) is 0 Å². The molecular formula is C56H64F4N14O5. The van der Waals surface area contributed by atoms with Gasteiger partial charge in [-0.2, -0.15) is 29.9 Å². The van der Waals surface area contributed by atoms with E-state index in [-0.39, 0.29) is 76.3 Å². The maximum atomic E-state index is 15.5. The number of morpholine rings is 4. The molecule has 1 N–H and O–H groups in total. The predicted molar refractivity (Wildman–Crippen MR) is 289 cm³/mol. The average Bonchev–Trinajstić information content (AvgIpc) is 4.14. The second-order valence-electron chi connectivity index (χ2n) is 22.7. The van der Waals surface area contributed by atoms with E-state index >= 15 is 17.6 Å². The number of hydrogen-bond donors (Lipinski definition) is 1. The number of aromatic nitrogens is 6. The summed E-state index contributed by atoms with van der Waals surface area (Å²) in [7, 11) is 0. The van der Waals surface area contributed by atoms with Crippen LogP contribution in [0.15, 0.2) is 72.8 Å². The minimum Gasteiger partial charge on any atom is -0.377 e. The fraction of sp³-hybridized carbons (Fsp3) is 0.554. The van der Waals surface area contributed by atoms with E-state index < -0.39 is 54.9 Å². The van der Waals surface area contributed by atoms with Crippen molar-refractivity contribution in [1.29, 1.82) is 0 Å². The monoisotopic (exact) mass is 1090 g/mol. The summed E-state index contributed by atoms with van der Waals surface area (Å²) >= 11 is 0. The summed E-state index contributed by atoms with van der Waals surface area (Å²) in [6.07, 6.45) is -3.36. The van der Waals surface area contributed by atoms with Crippen LogP contribution in [-0.2, 0) is 18.9 Å². The second-order valence-corrected chi connectivity index (χ2v) is 22.7. The van der Waals surface area contributed by atoms with Gasteiger partial charge in [0, 0.05) is 80.4 Å². The number of carbonyl (C=O) groups excluding carboxylic acids is 1. The Hall–Kier alpha value is -6.53. The molecule has 11 heterocycles. The quantitative estimate of drug-likeness (QED) is 0.141. The highest BCUT2D eigenvalue weighted by atomic mass is 19.1. The average molecular weight is 1090 g/mol. The number of anilines is 8. The molecule has 9 saturated heterocycles. The van der Waals surface area contributed by atoms with E-state index in [1.165, 1.54) is 0 Å². The van der Waals surface area contributed by atoms with Crippen LogP contribution < -0.4 is 34.7 Å². The summed E-state index contributed by atoms with van der Waals surface area (Å²) in [5.41, 5.74) is 3.91. The summed E-state index contributed by atoms with van der Waals surface area (Å²) in [5.74, 6) is 1.85. The SMILES string of the molecule is CC(C)N1CCN(c2ccc(NC(=O)N(c3ccc(-c4nc(N5C6COCC5C(F)C6)nc(N5C6COCC5C(F)C6)n4)cc3)c3ccc(-c4nc(N5C6COCC5C(F)C6)nc(N5C6COCC5C(F)C6)n4)cc3)cc2)CC1. The first-order chi connectivity index (χ1) is 38.5. The van der Waals surface area contributed by atoms with Gasteiger partial charge in [0.2, 0.25) is 23.8 Å². The number of alkyl halides is 4. The van der Waals surface area contributed by atoms with Crippen LogP contribution in [0.4, 0.5) is 68.9 Å². The number of halogens is 4. The van der Waals surface area contributed by atoms with Gasteiger partial charge in [0.05, 0.1) is 113 Å². The van der Waals surface area contributed by atoms with Gasteiger partial charge in [0.25, 0.3) is 0 Å². The molecule has 12 atom stereocenters. The molecule has 19 nitrogen and oxygen atoms in total. The molecule has 23 heteroatoms. The molecule has 9 fully saturated rings. The van der Waals surface area contributed by atoms with Crippen LogP contribution >= 0.6 is 0 Å². The normalized spacial score (nSPS) is 31.2. The smallest absolute Gasteiger partial charge is 0.330 e. The molecule has 79 heavy (non-hydrogen) atoms. The zero-order chi connectivity index (χ0) is 53.6. The Balaban J connectivity index is 0.807. The van der Waals surface area contributed by atoms with E-state index in [2.05, 4.69) is 29.0 Å². The Morgan fingerprint density at radius 3 is 1.18 bits per heavy atom. The van der Waals surface area contributed by atoms with Crippen molar-refractivity contribution in [1.82, 2.24) is 34.8 Å². The number of hydrogen-bond acceptors (Lipinski definition) is 17. The molecule has 14 rings (SSSR count). The van der Waals surface area contributed by atoms with Crippen molar-refractivity contribution in [3.05, 3.63) is 72.8 Å². The van der Waals surface area contributed by atoms with Crippen LogP contribution in [0.2, 0.25) is 0 Å². The summed E-state index contributed by atoms with van der Waals surface area (Å²) in [6.45, 7) is 10.3. The lowest BCUT2D eigenvalue weighted by Gasteiger charge is -2.38. The van der Waals surface area contributed by atoms with Crippen LogP contribution in [0.25, 0.3) is 22.8 Å². The second kappa shape index (κ2) is 20.5. The lowest BCUT2D eigenvalue weighted by Crippen LogP contribution is -2.50. The van der Waals surface area contributed by atoms with Crippen molar-refractivity contribution in [3.63, 3.8) is 0 Å². The number of urea groups is 1. The third-order valence-electron chi connectivity index (χ3n) is 17.7. The van der Waals surface area contributed by atoms with Gasteiger partial charge in [-0.05, 0) is 86.6 Å². The Labute approximate surface area is 455 Å². The van der Waals surface area contributed by atoms with Gasteiger partial charge in [0.1, 0.15) is 24.7 Å². The fourth-order valence-corrected chi connectivity index (χ4v) is 13.5. The van der Waals surface area contributed by atoms with Gasteiger partial charge < -0.3 is 48.8 Å². The van der Waals surface area contributed by atoms with Crippen molar-refractivity contribution < 1.29 is 41.3 Å². The first-order valence-electron chi connectivity index (χ1n) is 27.9. The molecule has 2 aromatic heterocycles. The first-order valence-corrected chi connectivity index (χ1v) is 27.9. The maximum absolute atomic E-state index is 15.5. The van der Waals surface area contributed by atoms with Gasteiger partial charge in [-0.3, -0.25) is 9.80 Å². The van der Waals surface area contributed by atoms with Crippen molar-refractivity contribution >= 4 is 52.6 Å². The maximum Gasteiger partial charge on any atom is 0.330 e. The summed E-state index contributed by atoms with van der Waals surface area (Å²) in [4.78, 5) is 58.6. The summed E-state index contributed by atoms with van der Waals surface area (Å²) in [5, 5.41) is 3.14. The Kier molecular flexibility index (Phi) is 13.2. The van der Waals surface area contributed by atoms with Gasteiger partial charge >= 0.3 is 6.03 Å². The van der Waals surface area contributed by atoms with Crippen molar-refractivity contribution in [2.24, 2.45) is 0 Å². The van der Waals surface area contributed by atoms with E-state index in [4.69, 9.17) is 48.9 Å². The molecule has 2 amide bonds. The molecular weight excluding hydrogens is 1020 g/mol. The van der Waals surface area contributed by atoms with Crippen LogP contribution in [0, 0.1) is 0 Å². The van der Waals surface area contributed by atoms with Crippen molar-refractivity contribution in [3.8, 4) is 22.8 Å². The number of nitrogens with zero attached hydrogens (tertiary/aromatic N) is 13. The van der Waals surface area contributed by atoms with E-state index in [0.717, 1.165) is 31.9 Å². The molecule has 12 unspecified atom stereocenters. The highest BCUT2D eigenvalue weighted by molar-refractivity contribution is 6.07. The van der Waals surface area contributed by atoms with Crippen molar-refractivity contribution in [2.75, 3.05) is 114 Å². The molecule has 416 valence electrons. The van der Waals surface area contributed by atoms with Crippen LogP contribution in [0.1, 0.15) is 39.5 Å². The predicted octanol–water partition coefficient (Wildman–Crippen LogP) is 6.55. The van der Waals surface area contributed by atoms with E-state index in [9.17, 15) is 4.79 Å². The molecule has 9 aliphatic rings. The number of fused-ring (bicyclic) bond motifs is 8. The fourth-order valence-electron chi connectivity index (χ4n) is 13.5. The van der Waals surface area contributed by atoms with Gasteiger partial charge in [0.15, 0.2) is 11.6 Å². The van der Waals surface area contributed by atoms with Crippen molar-refractivity contribution in [2.45, 2.75) is 119 Å². The molecule has 5 aromatic rings. The summed E-state index contributed by atoms with van der Waals surface area (Å²) in [6, 6.07) is 19.1. The lowest BCUT2D eigenvalue weighted by molar-refractivity contribution is 0.0808. The third kappa shape index (κ3) is 9.21. The Morgan fingerprint density at radius 2 is 0.848 bits per heavy atom. The number of nitrogens with one attached hydrogen (secondary N) is 1. The highest BCUT2D eigenvalue weighted by Gasteiger charge is 2.51. The number of carbonyl (C=O) groups is 1. The highest BCUT2D eigenvalue weighted by Crippen LogP contribution is 2.42. The van der Waals surface area contributed by atoms with Crippen LogP contribution in [-0.4, -0.2) is 199 Å². The minimum absolute atomic E-state index is 0.195.